The summed E-state index contributed by atoms with van der Waals surface area (Å²) in [4.78, 5) is 10.9. The van der Waals surface area contributed by atoms with Gasteiger partial charge in [-0.25, -0.2) is 4.98 Å². The molecule has 3 heterocycles. The summed E-state index contributed by atoms with van der Waals surface area (Å²) in [6.07, 6.45) is 6.61. The molecule has 2 aromatic heterocycles. The molecule has 1 fully saturated rings. The Balaban J connectivity index is 1.62. The van der Waals surface area contributed by atoms with Crippen LogP contribution in [0.3, 0.4) is 0 Å². The molecule has 0 radical (unpaired) electrons. The Bertz CT molecular complexity index is 552. The summed E-state index contributed by atoms with van der Waals surface area (Å²) in [7, 11) is 0. The Morgan fingerprint density at radius 2 is 2.38 bits per heavy atom. The molecule has 0 aliphatic carbocycles. The van der Waals surface area contributed by atoms with Crippen molar-refractivity contribution in [1.82, 2.24) is 29.8 Å². The van der Waals surface area contributed by atoms with Gasteiger partial charge in [0.1, 0.15) is 12.7 Å². The average Bonchev–Trinajstić information content (AvgIpc) is 3.17. The second kappa shape index (κ2) is 6.34. The topological polar surface area (TPSA) is 72.9 Å². The standard InChI is InChI=1S/C14H22N6O/c1-3-13-17-14(21-18-13)11(2)19-6-4-5-12(7-19)8-20-10-15-9-16-20/h9-12H,3-8H2,1-2H3/t11-,12-/m1/s1. The Labute approximate surface area is 124 Å². The minimum absolute atomic E-state index is 0.177. The number of aryl methyl sites for hydroxylation is 1. The predicted molar refractivity (Wildman–Crippen MR) is 76.4 cm³/mol. The molecule has 7 nitrogen and oxygen atoms in total. The summed E-state index contributed by atoms with van der Waals surface area (Å²) in [5.74, 6) is 2.11. The fourth-order valence-corrected chi connectivity index (χ4v) is 2.93. The SMILES string of the molecule is CCc1noc([C@@H](C)N2CCC[C@@H](Cn3cncn3)C2)n1. The second-order valence-electron chi connectivity index (χ2n) is 5.70. The highest BCUT2D eigenvalue weighted by Gasteiger charge is 2.27. The average molecular weight is 290 g/mol. The number of hydrogen-bond acceptors (Lipinski definition) is 6. The third-order valence-electron chi connectivity index (χ3n) is 4.17. The molecule has 2 aromatic rings. The van der Waals surface area contributed by atoms with Crippen LogP contribution in [0.4, 0.5) is 0 Å². The molecule has 0 N–H and O–H groups in total. The molecule has 0 bridgehead atoms. The zero-order chi connectivity index (χ0) is 14.7. The largest absolute Gasteiger partial charge is 0.338 e. The highest BCUT2D eigenvalue weighted by atomic mass is 16.5. The van der Waals surface area contributed by atoms with Gasteiger partial charge in [-0.1, -0.05) is 12.1 Å². The molecule has 114 valence electrons. The molecule has 0 unspecified atom stereocenters. The number of rotatable bonds is 5. The number of hydrogen-bond donors (Lipinski definition) is 0. The number of piperidine rings is 1. The lowest BCUT2D eigenvalue weighted by Crippen LogP contribution is -2.38. The second-order valence-corrected chi connectivity index (χ2v) is 5.70. The van der Waals surface area contributed by atoms with Crippen molar-refractivity contribution in [2.75, 3.05) is 13.1 Å². The zero-order valence-electron chi connectivity index (χ0n) is 12.6. The molecule has 0 saturated carbocycles. The Hall–Kier alpha value is -1.76. The van der Waals surface area contributed by atoms with E-state index in [2.05, 4.69) is 32.0 Å². The van der Waals surface area contributed by atoms with Crippen LogP contribution in [0.2, 0.25) is 0 Å². The van der Waals surface area contributed by atoms with Gasteiger partial charge in [0.2, 0.25) is 5.89 Å². The van der Waals surface area contributed by atoms with Gasteiger partial charge in [-0.15, -0.1) is 0 Å². The summed E-state index contributed by atoms with van der Waals surface area (Å²) < 4.78 is 7.30. The lowest BCUT2D eigenvalue weighted by molar-refractivity contribution is 0.102. The zero-order valence-corrected chi connectivity index (χ0v) is 12.6. The highest BCUT2D eigenvalue weighted by Crippen LogP contribution is 2.26. The quantitative estimate of drug-likeness (QED) is 0.834. The van der Waals surface area contributed by atoms with E-state index >= 15 is 0 Å². The van der Waals surface area contributed by atoms with E-state index in [9.17, 15) is 0 Å². The van der Waals surface area contributed by atoms with Gasteiger partial charge >= 0.3 is 0 Å². The molecule has 1 aliphatic heterocycles. The molecule has 0 spiro atoms. The van der Waals surface area contributed by atoms with E-state index in [1.165, 1.54) is 12.8 Å². The van der Waals surface area contributed by atoms with E-state index < -0.39 is 0 Å². The molecular weight excluding hydrogens is 268 g/mol. The van der Waals surface area contributed by atoms with E-state index in [1.54, 1.807) is 12.7 Å². The molecule has 3 rings (SSSR count). The molecule has 0 aromatic carbocycles. The van der Waals surface area contributed by atoms with Crippen molar-refractivity contribution in [2.45, 2.75) is 45.7 Å². The van der Waals surface area contributed by atoms with E-state index in [0.29, 0.717) is 5.92 Å². The minimum Gasteiger partial charge on any atom is -0.338 e. The number of nitrogens with zero attached hydrogens (tertiary/aromatic N) is 6. The van der Waals surface area contributed by atoms with Gasteiger partial charge in [0.05, 0.1) is 6.04 Å². The molecule has 0 amide bonds. The highest BCUT2D eigenvalue weighted by molar-refractivity contribution is 4.93. The van der Waals surface area contributed by atoms with Crippen LogP contribution >= 0.6 is 0 Å². The van der Waals surface area contributed by atoms with Crippen LogP contribution in [0.25, 0.3) is 0 Å². The minimum atomic E-state index is 0.177. The van der Waals surface area contributed by atoms with Crippen LogP contribution in [0.1, 0.15) is 44.4 Å². The van der Waals surface area contributed by atoms with Gasteiger partial charge < -0.3 is 4.52 Å². The van der Waals surface area contributed by atoms with Gasteiger partial charge in [-0.2, -0.15) is 10.1 Å². The van der Waals surface area contributed by atoms with E-state index in [4.69, 9.17) is 4.52 Å². The molecule has 21 heavy (non-hydrogen) atoms. The summed E-state index contributed by atoms with van der Waals surface area (Å²) in [5.41, 5.74) is 0. The fourth-order valence-electron chi connectivity index (χ4n) is 2.93. The molecule has 7 heteroatoms. The first kappa shape index (κ1) is 14.2. The van der Waals surface area contributed by atoms with Crippen molar-refractivity contribution in [3.05, 3.63) is 24.4 Å². The summed E-state index contributed by atoms with van der Waals surface area (Å²) in [6, 6.07) is 0.177. The van der Waals surface area contributed by atoms with Crippen molar-refractivity contribution in [3.63, 3.8) is 0 Å². The normalized spacial score (nSPS) is 21.5. The third-order valence-corrected chi connectivity index (χ3v) is 4.17. The molecule has 1 aliphatic rings. The Morgan fingerprint density at radius 1 is 1.48 bits per heavy atom. The molecule has 2 atom stereocenters. The van der Waals surface area contributed by atoms with E-state index in [1.807, 2.05) is 11.6 Å². The first-order valence-electron chi connectivity index (χ1n) is 7.65. The van der Waals surface area contributed by atoms with Gasteiger partial charge in [0.15, 0.2) is 5.82 Å². The Kier molecular flexibility index (Phi) is 4.28. The van der Waals surface area contributed by atoms with Crippen molar-refractivity contribution in [1.29, 1.82) is 0 Å². The maximum atomic E-state index is 5.38. The summed E-state index contributed by atoms with van der Waals surface area (Å²) in [5, 5.41) is 8.19. The molecule has 1 saturated heterocycles. The monoisotopic (exact) mass is 290 g/mol. The lowest BCUT2D eigenvalue weighted by atomic mass is 9.97. The Morgan fingerprint density at radius 3 is 3.10 bits per heavy atom. The predicted octanol–water partition coefficient (Wildman–Crippen LogP) is 1.70. The smallest absolute Gasteiger partial charge is 0.243 e. The number of likely N-dealkylation sites (tertiary alicyclic amines) is 1. The van der Waals surface area contributed by atoms with Crippen LogP contribution < -0.4 is 0 Å². The first-order valence-corrected chi connectivity index (χ1v) is 7.65. The first-order chi connectivity index (χ1) is 10.3. The van der Waals surface area contributed by atoms with E-state index in [-0.39, 0.29) is 6.04 Å². The van der Waals surface area contributed by atoms with Gasteiger partial charge in [-0.05, 0) is 32.2 Å². The summed E-state index contributed by atoms with van der Waals surface area (Å²) in [6.45, 7) is 7.22. The fraction of sp³-hybridized carbons (Fsp3) is 0.714. The van der Waals surface area contributed by atoms with Gasteiger partial charge in [-0.3, -0.25) is 9.58 Å². The molecular formula is C14H22N6O. The van der Waals surface area contributed by atoms with Crippen molar-refractivity contribution < 1.29 is 4.52 Å². The van der Waals surface area contributed by atoms with Crippen LogP contribution in [-0.4, -0.2) is 42.9 Å². The van der Waals surface area contributed by atoms with Crippen LogP contribution in [-0.2, 0) is 13.0 Å². The van der Waals surface area contributed by atoms with Crippen LogP contribution in [0.5, 0.6) is 0 Å². The van der Waals surface area contributed by atoms with Crippen molar-refractivity contribution in [2.24, 2.45) is 5.92 Å². The van der Waals surface area contributed by atoms with Crippen LogP contribution in [0.15, 0.2) is 17.2 Å². The maximum absolute atomic E-state index is 5.38. The third kappa shape index (κ3) is 3.29. The van der Waals surface area contributed by atoms with Gasteiger partial charge in [0, 0.05) is 19.5 Å². The lowest BCUT2D eigenvalue weighted by Gasteiger charge is -2.35. The maximum Gasteiger partial charge on any atom is 0.243 e. The summed E-state index contributed by atoms with van der Waals surface area (Å²) >= 11 is 0. The van der Waals surface area contributed by atoms with Crippen LogP contribution in [0, 0.1) is 5.92 Å². The van der Waals surface area contributed by atoms with Crippen molar-refractivity contribution in [3.8, 4) is 0 Å². The number of aromatic nitrogens is 5. The van der Waals surface area contributed by atoms with Crippen molar-refractivity contribution >= 4 is 0 Å². The van der Waals surface area contributed by atoms with Gasteiger partial charge in [0.25, 0.3) is 0 Å². The van der Waals surface area contributed by atoms with E-state index in [0.717, 1.165) is 37.8 Å².